The van der Waals surface area contributed by atoms with Crippen molar-refractivity contribution < 1.29 is 8.78 Å². The topological polar surface area (TPSA) is 51.8 Å². The summed E-state index contributed by atoms with van der Waals surface area (Å²) in [6, 6.07) is 3.00. The lowest BCUT2D eigenvalue weighted by molar-refractivity contribution is 0.533. The van der Waals surface area contributed by atoms with Crippen molar-refractivity contribution in [2.45, 2.75) is 6.04 Å². The summed E-state index contributed by atoms with van der Waals surface area (Å²) in [5.74, 6) is -1.28. The molecule has 0 radical (unpaired) electrons. The van der Waals surface area contributed by atoms with Gasteiger partial charge in [-0.3, -0.25) is 0 Å². The highest BCUT2D eigenvalue weighted by molar-refractivity contribution is 9.10. The Balaban J connectivity index is 2.51. The smallest absolute Gasteiger partial charge is 0.149 e. The molecule has 1 atom stereocenters. The van der Waals surface area contributed by atoms with Crippen LogP contribution in [0.3, 0.4) is 0 Å². The van der Waals surface area contributed by atoms with Crippen LogP contribution in [0.2, 0.25) is 0 Å². The molecular weight excluding hydrogens is 292 g/mol. The summed E-state index contributed by atoms with van der Waals surface area (Å²) >= 11 is 2.98. The molecule has 2 rings (SSSR count). The van der Waals surface area contributed by atoms with Gasteiger partial charge in [0, 0.05) is 18.0 Å². The molecule has 0 saturated carbocycles. The zero-order valence-corrected chi connectivity index (χ0v) is 10.2. The number of nitrogens with zero attached hydrogens (tertiary/aromatic N) is 2. The number of rotatable bonds is 2. The van der Waals surface area contributed by atoms with Crippen LogP contribution in [0.15, 0.2) is 35.1 Å². The minimum absolute atomic E-state index is 0.153. The second kappa shape index (κ2) is 4.85. The maximum atomic E-state index is 13.8. The molecule has 0 aliphatic rings. The van der Waals surface area contributed by atoms with E-state index in [0.29, 0.717) is 0 Å². The van der Waals surface area contributed by atoms with E-state index in [0.717, 1.165) is 6.07 Å². The van der Waals surface area contributed by atoms with Gasteiger partial charge in [-0.2, -0.15) is 0 Å². The lowest BCUT2D eigenvalue weighted by Gasteiger charge is -2.13. The van der Waals surface area contributed by atoms with Crippen LogP contribution in [0.5, 0.6) is 0 Å². The van der Waals surface area contributed by atoms with Crippen molar-refractivity contribution >= 4 is 15.9 Å². The van der Waals surface area contributed by atoms with Gasteiger partial charge in [0.15, 0.2) is 0 Å². The molecule has 6 heteroatoms. The molecular formula is C11H8BrF2N3. The number of benzene rings is 1. The fourth-order valence-corrected chi connectivity index (χ4v) is 1.77. The molecule has 3 nitrogen and oxygen atoms in total. The fraction of sp³-hybridized carbons (Fsp3) is 0.0909. The van der Waals surface area contributed by atoms with E-state index in [4.69, 9.17) is 5.73 Å². The van der Waals surface area contributed by atoms with Crippen molar-refractivity contribution in [3.05, 3.63) is 58.1 Å². The summed E-state index contributed by atoms with van der Waals surface area (Å²) in [4.78, 5) is 7.76. The molecule has 0 saturated heterocycles. The molecule has 88 valence electrons. The molecule has 0 fully saturated rings. The molecule has 0 spiro atoms. The molecule has 1 aromatic heterocycles. The highest BCUT2D eigenvalue weighted by atomic mass is 79.9. The third kappa shape index (κ3) is 2.32. The Kier molecular flexibility index (Phi) is 3.44. The van der Waals surface area contributed by atoms with Crippen LogP contribution in [0, 0.1) is 11.6 Å². The van der Waals surface area contributed by atoms with Gasteiger partial charge in [-0.1, -0.05) is 0 Å². The maximum absolute atomic E-state index is 13.8. The van der Waals surface area contributed by atoms with Gasteiger partial charge in [0.25, 0.3) is 0 Å². The highest BCUT2D eigenvalue weighted by Gasteiger charge is 2.22. The van der Waals surface area contributed by atoms with E-state index in [-0.39, 0.29) is 15.9 Å². The van der Waals surface area contributed by atoms with Gasteiger partial charge in [-0.15, -0.1) is 0 Å². The Morgan fingerprint density at radius 2 is 1.82 bits per heavy atom. The molecule has 2 aromatic rings. The molecule has 1 heterocycles. The van der Waals surface area contributed by atoms with Gasteiger partial charge in [-0.05, 0) is 34.1 Å². The van der Waals surface area contributed by atoms with E-state index < -0.39 is 17.7 Å². The minimum atomic E-state index is -1.03. The summed E-state index contributed by atoms with van der Waals surface area (Å²) in [5.41, 5.74) is 5.52. The van der Waals surface area contributed by atoms with Crippen LogP contribution in [0.1, 0.15) is 17.4 Å². The Labute approximate surface area is 105 Å². The first-order chi connectivity index (χ1) is 8.11. The third-order valence-electron chi connectivity index (χ3n) is 2.25. The van der Waals surface area contributed by atoms with Crippen molar-refractivity contribution in [1.82, 2.24) is 9.97 Å². The van der Waals surface area contributed by atoms with E-state index in [1.54, 1.807) is 6.07 Å². The molecule has 2 N–H and O–H groups in total. The van der Waals surface area contributed by atoms with E-state index in [2.05, 4.69) is 25.9 Å². The first-order valence-corrected chi connectivity index (χ1v) is 5.56. The minimum Gasteiger partial charge on any atom is -0.317 e. The predicted molar refractivity (Wildman–Crippen MR) is 62.1 cm³/mol. The molecule has 0 aliphatic heterocycles. The summed E-state index contributed by atoms with van der Waals surface area (Å²) in [7, 11) is 0. The van der Waals surface area contributed by atoms with Gasteiger partial charge in [0.2, 0.25) is 0 Å². The van der Waals surface area contributed by atoms with Gasteiger partial charge >= 0.3 is 0 Å². The van der Waals surface area contributed by atoms with E-state index >= 15 is 0 Å². The third-order valence-corrected chi connectivity index (χ3v) is 2.87. The number of hydrogen-bond donors (Lipinski definition) is 1. The molecule has 17 heavy (non-hydrogen) atoms. The van der Waals surface area contributed by atoms with Crippen LogP contribution in [-0.4, -0.2) is 9.97 Å². The summed E-state index contributed by atoms with van der Waals surface area (Å²) in [6.07, 6.45) is 2.94. The van der Waals surface area contributed by atoms with Crippen LogP contribution < -0.4 is 5.73 Å². The number of hydrogen-bond acceptors (Lipinski definition) is 3. The van der Waals surface area contributed by atoms with E-state index in [9.17, 15) is 8.78 Å². The van der Waals surface area contributed by atoms with E-state index in [1.165, 1.54) is 18.5 Å². The maximum Gasteiger partial charge on any atom is 0.149 e. The number of halogens is 3. The van der Waals surface area contributed by atoms with Crippen molar-refractivity contribution in [2.24, 2.45) is 5.73 Å². The van der Waals surface area contributed by atoms with Crippen LogP contribution in [0.25, 0.3) is 0 Å². The zero-order valence-electron chi connectivity index (χ0n) is 8.57. The second-order valence-corrected chi connectivity index (χ2v) is 4.20. The first kappa shape index (κ1) is 12.1. The fourth-order valence-electron chi connectivity index (χ4n) is 1.43. The zero-order chi connectivity index (χ0) is 12.4. The van der Waals surface area contributed by atoms with Gasteiger partial charge in [0.05, 0.1) is 10.5 Å². The van der Waals surface area contributed by atoms with Gasteiger partial charge in [-0.25, -0.2) is 18.7 Å². The summed E-state index contributed by atoms with van der Waals surface area (Å²) in [6.45, 7) is 0. The number of aromatic nitrogens is 2. The Hall–Kier alpha value is -1.40. The normalized spacial score (nSPS) is 12.5. The van der Waals surface area contributed by atoms with Crippen LogP contribution in [0.4, 0.5) is 8.78 Å². The Morgan fingerprint density at radius 1 is 1.18 bits per heavy atom. The van der Waals surface area contributed by atoms with Crippen molar-refractivity contribution in [3.63, 3.8) is 0 Å². The lowest BCUT2D eigenvalue weighted by atomic mass is 10.1. The van der Waals surface area contributed by atoms with Gasteiger partial charge in [0.1, 0.15) is 17.5 Å². The van der Waals surface area contributed by atoms with E-state index in [1.807, 2.05) is 0 Å². The summed E-state index contributed by atoms with van der Waals surface area (Å²) < 4.78 is 27.5. The first-order valence-electron chi connectivity index (χ1n) is 4.77. The molecule has 0 amide bonds. The monoisotopic (exact) mass is 299 g/mol. The van der Waals surface area contributed by atoms with Crippen molar-refractivity contribution in [1.29, 1.82) is 0 Å². The van der Waals surface area contributed by atoms with Crippen molar-refractivity contribution in [2.75, 3.05) is 0 Å². The molecule has 0 bridgehead atoms. The van der Waals surface area contributed by atoms with Crippen LogP contribution >= 0.6 is 15.9 Å². The second-order valence-electron chi connectivity index (χ2n) is 3.34. The van der Waals surface area contributed by atoms with Crippen molar-refractivity contribution in [3.8, 4) is 0 Å². The largest absolute Gasteiger partial charge is 0.317 e. The lowest BCUT2D eigenvalue weighted by Crippen LogP contribution is -2.18. The summed E-state index contributed by atoms with van der Waals surface area (Å²) in [5, 5.41) is 0. The van der Waals surface area contributed by atoms with Crippen LogP contribution in [-0.2, 0) is 0 Å². The molecule has 1 aromatic carbocycles. The standard InChI is InChI=1S/C11H8BrF2N3/c12-6-2-3-7(13)8(9(6)14)10(15)11-16-4-1-5-17-11/h1-5,10H,15H2. The number of nitrogens with two attached hydrogens (primary N) is 1. The predicted octanol–water partition coefficient (Wildman–Crippen LogP) is 2.57. The average molecular weight is 300 g/mol. The highest BCUT2D eigenvalue weighted by Crippen LogP contribution is 2.27. The van der Waals surface area contributed by atoms with Gasteiger partial charge < -0.3 is 5.73 Å². The average Bonchev–Trinajstić information content (AvgIpc) is 2.35. The quantitative estimate of drug-likeness (QED) is 0.867. The molecule has 0 aliphatic carbocycles. The Morgan fingerprint density at radius 3 is 2.47 bits per heavy atom. The Bertz CT molecular complexity index is 534. The molecule has 1 unspecified atom stereocenters. The SMILES string of the molecule is NC(c1ncccn1)c1c(F)ccc(Br)c1F.